The number of nitrogens with zero attached hydrogens (tertiary/aromatic N) is 2. The predicted octanol–water partition coefficient (Wildman–Crippen LogP) is 5.08. The molecule has 9 heteroatoms. The van der Waals surface area contributed by atoms with Crippen LogP contribution in [0.5, 0.6) is 0 Å². The number of carbonyl (C=O) groups is 2. The Bertz CT molecular complexity index is 1390. The van der Waals surface area contributed by atoms with Gasteiger partial charge in [0.2, 0.25) is 21.8 Å². The van der Waals surface area contributed by atoms with Crippen LogP contribution in [0, 0.1) is 6.92 Å². The summed E-state index contributed by atoms with van der Waals surface area (Å²) in [5.74, 6) is -0.781. The summed E-state index contributed by atoms with van der Waals surface area (Å²) >= 11 is 3.36. The molecule has 0 unspecified atom stereocenters. The van der Waals surface area contributed by atoms with E-state index in [4.69, 9.17) is 0 Å². The van der Waals surface area contributed by atoms with E-state index in [1.807, 2.05) is 82.3 Å². The van der Waals surface area contributed by atoms with Crippen molar-refractivity contribution < 1.29 is 18.0 Å². The van der Waals surface area contributed by atoms with Gasteiger partial charge in [-0.2, -0.15) is 0 Å². The molecule has 0 aliphatic carbocycles. The summed E-state index contributed by atoms with van der Waals surface area (Å²) in [6.45, 7) is 7.32. The molecule has 0 spiro atoms. The van der Waals surface area contributed by atoms with Crippen molar-refractivity contribution in [2.24, 2.45) is 0 Å². The van der Waals surface area contributed by atoms with Gasteiger partial charge in [-0.15, -0.1) is 0 Å². The van der Waals surface area contributed by atoms with Gasteiger partial charge >= 0.3 is 0 Å². The van der Waals surface area contributed by atoms with Crippen LogP contribution in [0.15, 0.2) is 83.3 Å². The molecule has 0 radical (unpaired) electrons. The molecule has 0 aliphatic heterocycles. The van der Waals surface area contributed by atoms with Crippen LogP contribution in [0.2, 0.25) is 0 Å². The second kappa shape index (κ2) is 12.8. The van der Waals surface area contributed by atoms with E-state index in [0.29, 0.717) is 5.69 Å². The van der Waals surface area contributed by atoms with Crippen LogP contribution < -0.4 is 9.62 Å². The lowest BCUT2D eigenvalue weighted by atomic mass is 10.0. The Morgan fingerprint density at radius 3 is 2.10 bits per heavy atom. The number of hydrogen-bond donors (Lipinski definition) is 1. The summed E-state index contributed by atoms with van der Waals surface area (Å²) < 4.78 is 27.5. The Morgan fingerprint density at radius 2 is 1.54 bits per heavy atom. The zero-order valence-corrected chi connectivity index (χ0v) is 25.4. The minimum absolute atomic E-state index is 0.146. The van der Waals surface area contributed by atoms with Crippen molar-refractivity contribution in [3.8, 4) is 0 Å². The number of aryl methyl sites for hydroxylation is 1. The number of halogens is 1. The monoisotopic (exact) mass is 613 g/mol. The third-order valence-corrected chi connectivity index (χ3v) is 7.67. The number of hydrogen-bond acceptors (Lipinski definition) is 4. The van der Waals surface area contributed by atoms with Crippen molar-refractivity contribution in [2.75, 3.05) is 17.1 Å². The second-order valence-electron chi connectivity index (χ2n) is 10.7. The van der Waals surface area contributed by atoms with E-state index >= 15 is 0 Å². The minimum atomic E-state index is -3.80. The molecule has 0 bridgehead atoms. The van der Waals surface area contributed by atoms with E-state index in [1.54, 1.807) is 24.3 Å². The van der Waals surface area contributed by atoms with E-state index in [1.165, 1.54) is 4.90 Å². The summed E-state index contributed by atoms with van der Waals surface area (Å²) in [6, 6.07) is 23.1. The van der Waals surface area contributed by atoms with Crippen molar-refractivity contribution in [3.05, 3.63) is 100 Å². The second-order valence-corrected chi connectivity index (χ2v) is 13.5. The van der Waals surface area contributed by atoms with Gasteiger partial charge in [-0.3, -0.25) is 13.9 Å². The first kappa shape index (κ1) is 30.4. The highest BCUT2D eigenvalue weighted by Gasteiger charge is 2.34. The SMILES string of the molecule is Cc1cccc(CN(C(=O)CN(c2ccc(Br)cc2)S(C)(=O)=O)[C@H](Cc2ccccc2)C(=O)NC(C)(C)C)c1. The first-order valence-electron chi connectivity index (χ1n) is 12.7. The van der Waals surface area contributed by atoms with Crippen molar-refractivity contribution in [1.82, 2.24) is 10.2 Å². The van der Waals surface area contributed by atoms with Crippen LogP contribution in [0.4, 0.5) is 5.69 Å². The molecule has 1 atom stereocenters. The zero-order valence-electron chi connectivity index (χ0n) is 23.0. The highest BCUT2D eigenvalue weighted by molar-refractivity contribution is 9.10. The molecule has 0 saturated heterocycles. The third kappa shape index (κ3) is 9.21. The largest absolute Gasteiger partial charge is 0.350 e. The standard InChI is InChI=1S/C30H36BrN3O4S/c1-22-10-9-13-24(18-22)20-33(27(29(36)32-30(2,3)4)19-23-11-7-6-8-12-23)28(35)21-34(39(5,37)38)26-16-14-25(31)15-17-26/h6-18,27H,19-21H2,1-5H3,(H,32,36)/t27-/m1/s1. The fourth-order valence-electron chi connectivity index (χ4n) is 4.24. The van der Waals surface area contributed by atoms with Crippen molar-refractivity contribution >= 4 is 43.5 Å². The Balaban J connectivity index is 2.07. The van der Waals surface area contributed by atoms with E-state index in [2.05, 4.69) is 21.2 Å². The molecule has 3 aromatic carbocycles. The smallest absolute Gasteiger partial charge is 0.244 e. The maximum Gasteiger partial charge on any atom is 0.244 e. The predicted molar refractivity (Wildman–Crippen MR) is 160 cm³/mol. The van der Waals surface area contributed by atoms with E-state index in [-0.39, 0.29) is 18.9 Å². The lowest BCUT2D eigenvalue weighted by molar-refractivity contribution is -0.140. The Kier molecular flexibility index (Phi) is 9.96. The van der Waals surface area contributed by atoms with Gasteiger partial charge in [0.1, 0.15) is 12.6 Å². The van der Waals surface area contributed by atoms with Gasteiger partial charge in [0, 0.05) is 23.0 Å². The fourth-order valence-corrected chi connectivity index (χ4v) is 5.35. The van der Waals surface area contributed by atoms with Gasteiger partial charge in [-0.1, -0.05) is 76.1 Å². The number of rotatable bonds is 10. The number of amides is 2. The highest BCUT2D eigenvalue weighted by Crippen LogP contribution is 2.23. The van der Waals surface area contributed by atoms with E-state index in [0.717, 1.165) is 31.7 Å². The first-order chi connectivity index (χ1) is 18.2. The maximum absolute atomic E-state index is 14.1. The summed E-state index contributed by atoms with van der Waals surface area (Å²) in [7, 11) is -3.80. The van der Waals surface area contributed by atoms with Gasteiger partial charge in [0.25, 0.3) is 0 Å². The molecule has 2 amide bonds. The molecule has 3 aromatic rings. The van der Waals surface area contributed by atoms with E-state index < -0.39 is 34.1 Å². The molecule has 3 rings (SSSR count). The molecule has 7 nitrogen and oxygen atoms in total. The average molecular weight is 615 g/mol. The van der Waals surface area contributed by atoms with Crippen LogP contribution in [0.3, 0.4) is 0 Å². The number of benzene rings is 3. The van der Waals surface area contributed by atoms with Gasteiger partial charge in [0.15, 0.2) is 0 Å². The normalized spacial score (nSPS) is 12.5. The lowest BCUT2D eigenvalue weighted by Crippen LogP contribution is -2.56. The minimum Gasteiger partial charge on any atom is -0.350 e. The van der Waals surface area contributed by atoms with Crippen molar-refractivity contribution in [2.45, 2.75) is 52.2 Å². The van der Waals surface area contributed by atoms with E-state index in [9.17, 15) is 18.0 Å². The maximum atomic E-state index is 14.1. The Labute approximate surface area is 240 Å². The lowest BCUT2D eigenvalue weighted by Gasteiger charge is -2.35. The van der Waals surface area contributed by atoms with Crippen LogP contribution in [-0.2, 0) is 32.6 Å². The summed E-state index contributed by atoms with van der Waals surface area (Å²) in [6.07, 6.45) is 1.35. The highest BCUT2D eigenvalue weighted by atomic mass is 79.9. The molecular formula is C30H36BrN3O4S. The summed E-state index contributed by atoms with van der Waals surface area (Å²) in [5, 5.41) is 3.02. The van der Waals surface area contributed by atoms with Crippen LogP contribution in [0.1, 0.15) is 37.5 Å². The molecule has 0 aliphatic rings. The number of nitrogens with one attached hydrogen (secondary N) is 1. The van der Waals surface area contributed by atoms with Crippen LogP contribution in [-0.4, -0.2) is 49.5 Å². The third-order valence-electron chi connectivity index (χ3n) is 6.00. The topological polar surface area (TPSA) is 86.8 Å². The number of anilines is 1. The molecule has 0 heterocycles. The average Bonchev–Trinajstić information content (AvgIpc) is 2.84. The van der Waals surface area contributed by atoms with Gasteiger partial charge in [-0.25, -0.2) is 8.42 Å². The fraction of sp³-hybridized carbons (Fsp3) is 0.333. The van der Waals surface area contributed by atoms with Gasteiger partial charge in [0.05, 0.1) is 11.9 Å². The Morgan fingerprint density at radius 1 is 0.923 bits per heavy atom. The summed E-state index contributed by atoms with van der Waals surface area (Å²) in [4.78, 5) is 29.3. The van der Waals surface area contributed by atoms with Crippen LogP contribution >= 0.6 is 15.9 Å². The van der Waals surface area contributed by atoms with Crippen molar-refractivity contribution in [1.29, 1.82) is 0 Å². The zero-order chi connectivity index (χ0) is 28.8. The molecule has 208 valence electrons. The molecule has 0 saturated carbocycles. The number of carbonyl (C=O) groups excluding carboxylic acids is 2. The van der Waals surface area contributed by atoms with Gasteiger partial charge in [-0.05, 0) is 63.1 Å². The molecular weight excluding hydrogens is 578 g/mol. The quantitative estimate of drug-likeness (QED) is 0.345. The first-order valence-corrected chi connectivity index (χ1v) is 15.3. The van der Waals surface area contributed by atoms with Crippen molar-refractivity contribution in [3.63, 3.8) is 0 Å². The summed E-state index contributed by atoms with van der Waals surface area (Å²) in [5.41, 5.74) is 2.59. The molecule has 0 fully saturated rings. The molecule has 0 aromatic heterocycles. The molecule has 39 heavy (non-hydrogen) atoms. The number of sulfonamides is 1. The Hall–Kier alpha value is -3.17. The molecule has 1 N–H and O–H groups in total. The van der Waals surface area contributed by atoms with Crippen LogP contribution in [0.25, 0.3) is 0 Å². The van der Waals surface area contributed by atoms with Gasteiger partial charge < -0.3 is 10.2 Å².